The molecule has 1 amide bonds. The number of pyridine rings is 1. The van der Waals surface area contributed by atoms with Crippen molar-refractivity contribution in [3.8, 4) is 0 Å². The van der Waals surface area contributed by atoms with Gasteiger partial charge in [-0.2, -0.15) is 13.2 Å². The van der Waals surface area contributed by atoms with Crippen LogP contribution in [0.2, 0.25) is 0 Å². The van der Waals surface area contributed by atoms with Crippen molar-refractivity contribution in [1.82, 2.24) is 24.7 Å². The van der Waals surface area contributed by atoms with Crippen LogP contribution in [0, 0.1) is 0 Å². The molecule has 7 nitrogen and oxygen atoms in total. The molecule has 0 radical (unpaired) electrons. The Hall–Kier alpha value is -3.04. The fraction of sp³-hybridized carbons (Fsp3) is 0.389. The standard InChI is InChI=1S/C18H19F3N6O/c19-18(20,21)14-9-27-15(2-1-3-16(27)26-14)24-11-4-6-12(7-5-11)25-17(28)13-8-22-10-23-13/h1-3,8-12,24H,4-7H2,(H,22,23)(H,25,28). The molecule has 0 saturated heterocycles. The van der Waals surface area contributed by atoms with E-state index >= 15 is 0 Å². The summed E-state index contributed by atoms with van der Waals surface area (Å²) in [6.07, 6.45) is 2.62. The average molecular weight is 392 g/mol. The second-order valence-electron chi connectivity index (χ2n) is 6.89. The number of H-pyrrole nitrogens is 1. The first-order valence-corrected chi connectivity index (χ1v) is 9.01. The molecule has 0 spiro atoms. The molecule has 1 fully saturated rings. The molecule has 1 saturated carbocycles. The van der Waals surface area contributed by atoms with Crippen molar-refractivity contribution in [3.63, 3.8) is 0 Å². The monoisotopic (exact) mass is 392 g/mol. The van der Waals surface area contributed by atoms with Gasteiger partial charge in [-0.1, -0.05) is 6.07 Å². The van der Waals surface area contributed by atoms with Crippen LogP contribution < -0.4 is 10.6 Å². The third-order valence-electron chi connectivity index (χ3n) is 4.94. The average Bonchev–Trinajstić information content (AvgIpc) is 3.33. The summed E-state index contributed by atoms with van der Waals surface area (Å²) in [4.78, 5) is 22.3. The number of nitrogens with one attached hydrogen (secondary N) is 3. The zero-order chi connectivity index (χ0) is 19.7. The number of hydrogen-bond acceptors (Lipinski definition) is 4. The van der Waals surface area contributed by atoms with Gasteiger partial charge in [-0.05, 0) is 37.8 Å². The first kappa shape index (κ1) is 18.3. The summed E-state index contributed by atoms with van der Waals surface area (Å²) in [5, 5.41) is 6.29. The second-order valence-corrected chi connectivity index (χ2v) is 6.89. The van der Waals surface area contributed by atoms with Crippen molar-refractivity contribution in [2.75, 3.05) is 5.32 Å². The van der Waals surface area contributed by atoms with E-state index in [1.807, 2.05) is 0 Å². The van der Waals surface area contributed by atoms with Crippen molar-refractivity contribution in [2.24, 2.45) is 0 Å². The molecule has 1 aliphatic rings. The Morgan fingerprint density at radius 1 is 1.18 bits per heavy atom. The van der Waals surface area contributed by atoms with E-state index in [4.69, 9.17) is 0 Å². The maximum atomic E-state index is 12.9. The largest absolute Gasteiger partial charge is 0.434 e. The minimum Gasteiger partial charge on any atom is -0.368 e. The van der Waals surface area contributed by atoms with Crippen molar-refractivity contribution >= 4 is 17.4 Å². The van der Waals surface area contributed by atoms with E-state index in [1.165, 1.54) is 16.9 Å². The number of carbonyl (C=O) groups excluding carboxylic acids is 1. The summed E-state index contributed by atoms with van der Waals surface area (Å²) in [6.45, 7) is 0. The Kier molecular flexibility index (Phi) is 4.70. The third-order valence-corrected chi connectivity index (χ3v) is 4.94. The van der Waals surface area contributed by atoms with Crippen LogP contribution in [0.4, 0.5) is 19.0 Å². The number of carbonyl (C=O) groups is 1. The summed E-state index contributed by atoms with van der Waals surface area (Å²) in [5.41, 5.74) is -0.239. The zero-order valence-corrected chi connectivity index (χ0v) is 14.8. The fourth-order valence-electron chi connectivity index (χ4n) is 3.50. The van der Waals surface area contributed by atoms with E-state index in [2.05, 4.69) is 25.6 Å². The SMILES string of the molecule is O=C(NC1CCC(Nc2cccc3nc(C(F)(F)F)cn23)CC1)c1cnc[nH]1. The van der Waals surface area contributed by atoms with Gasteiger partial charge in [0.25, 0.3) is 5.91 Å². The molecule has 3 N–H and O–H groups in total. The van der Waals surface area contributed by atoms with Crippen LogP contribution >= 0.6 is 0 Å². The van der Waals surface area contributed by atoms with Crippen LogP contribution in [0.25, 0.3) is 5.65 Å². The molecule has 1 aliphatic carbocycles. The fourth-order valence-corrected chi connectivity index (χ4v) is 3.50. The molecular weight excluding hydrogens is 373 g/mol. The molecule has 3 heterocycles. The van der Waals surface area contributed by atoms with Gasteiger partial charge < -0.3 is 15.6 Å². The molecule has 3 aromatic heterocycles. The number of hydrogen-bond donors (Lipinski definition) is 3. The molecule has 4 rings (SSSR count). The van der Waals surface area contributed by atoms with Crippen molar-refractivity contribution in [2.45, 2.75) is 43.9 Å². The first-order chi connectivity index (χ1) is 13.4. The normalized spacial score (nSPS) is 20.2. The molecule has 0 bridgehead atoms. The highest BCUT2D eigenvalue weighted by atomic mass is 19.4. The van der Waals surface area contributed by atoms with Crippen molar-refractivity contribution in [3.05, 3.63) is 48.3 Å². The number of anilines is 1. The number of imidazole rings is 2. The molecule has 148 valence electrons. The van der Waals surface area contributed by atoms with E-state index in [0.717, 1.165) is 31.9 Å². The van der Waals surface area contributed by atoms with Crippen LogP contribution in [-0.2, 0) is 6.18 Å². The number of aromatic amines is 1. The van der Waals surface area contributed by atoms with E-state index in [0.29, 0.717) is 11.5 Å². The molecular formula is C18H19F3N6O. The molecule has 0 aliphatic heterocycles. The molecule has 0 unspecified atom stereocenters. The number of nitrogens with zero attached hydrogens (tertiary/aromatic N) is 3. The lowest BCUT2D eigenvalue weighted by Gasteiger charge is -2.30. The summed E-state index contributed by atoms with van der Waals surface area (Å²) in [5.74, 6) is 0.391. The Bertz CT molecular complexity index is 958. The zero-order valence-electron chi connectivity index (χ0n) is 14.8. The van der Waals surface area contributed by atoms with Gasteiger partial charge >= 0.3 is 6.18 Å². The lowest BCUT2D eigenvalue weighted by molar-refractivity contribution is -0.140. The van der Waals surface area contributed by atoms with Gasteiger partial charge in [-0.3, -0.25) is 9.20 Å². The quantitative estimate of drug-likeness (QED) is 0.636. The number of rotatable bonds is 4. The predicted molar refractivity (Wildman–Crippen MR) is 95.9 cm³/mol. The number of halogens is 3. The Labute approximate surface area is 158 Å². The highest BCUT2D eigenvalue weighted by Crippen LogP contribution is 2.30. The van der Waals surface area contributed by atoms with Crippen LogP contribution in [0.15, 0.2) is 36.9 Å². The highest BCUT2D eigenvalue weighted by Gasteiger charge is 2.34. The minimum atomic E-state index is -4.48. The highest BCUT2D eigenvalue weighted by molar-refractivity contribution is 5.92. The molecule has 0 atom stereocenters. The van der Waals surface area contributed by atoms with Gasteiger partial charge in [0, 0.05) is 18.3 Å². The predicted octanol–water partition coefficient (Wildman–Crippen LogP) is 3.23. The number of fused-ring (bicyclic) bond motifs is 1. The second kappa shape index (κ2) is 7.17. The van der Waals surface area contributed by atoms with Crippen molar-refractivity contribution in [1.29, 1.82) is 0 Å². The maximum Gasteiger partial charge on any atom is 0.434 e. The maximum absolute atomic E-state index is 12.9. The van der Waals surface area contributed by atoms with Gasteiger partial charge in [-0.25, -0.2) is 9.97 Å². The summed E-state index contributed by atoms with van der Waals surface area (Å²) in [7, 11) is 0. The molecule has 3 aromatic rings. The lowest BCUT2D eigenvalue weighted by atomic mass is 9.91. The first-order valence-electron chi connectivity index (χ1n) is 9.01. The van der Waals surface area contributed by atoms with Crippen molar-refractivity contribution < 1.29 is 18.0 Å². The van der Waals surface area contributed by atoms with Gasteiger partial charge in [0.1, 0.15) is 17.2 Å². The summed E-state index contributed by atoms with van der Waals surface area (Å²) < 4.78 is 40.2. The van der Waals surface area contributed by atoms with Crippen LogP contribution in [0.5, 0.6) is 0 Å². The molecule has 28 heavy (non-hydrogen) atoms. The Morgan fingerprint density at radius 3 is 2.61 bits per heavy atom. The summed E-state index contributed by atoms with van der Waals surface area (Å²) in [6, 6.07) is 5.14. The minimum absolute atomic E-state index is 0.0646. The number of alkyl halides is 3. The van der Waals surface area contributed by atoms with Gasteiger partial charge in [0.2, 0.25) is 0 Å². The molecule has 10 heteroatoms. The smallest absolute Gasteiger partial charge is 0.368 e. The lowest BCUT2D eigenvalue weighted by Crippen LogP contribution is -2.40. The summed E-state index contributed by atoms with van der Waals surface area (Å²) >= 11 is 0. The van der Waals surface area contributed by atoms with E-state index in [1.54, 1.807) is 18.2 Å². The van der Waals surface area contributed by atoms with E-state index < -0.39 is 11.9 Å². The number of aromatic nitrogens is 4. The van der Waals surface area contributed by atoms with Gasteiger partial charge in [-0.15, -0.1) is 0 Å². The van der Waals surface area contributed by atoms with Gasteiger partial charge in [0.05, 0.1) is 12.5 Å². The third kappa shape index (κ3) is 3.80. The molecule has 0 aromatic carbocycles. The van der Waals surface area contributed by atoms with Gasteiger partial charge in [0.15, 0.2) is 5.69 Å². The van der Waals surface area contributed by atoms with Crippen LogP contribution in [-0.4, -0.2) is 37.3 Å². The van der Waals surface area contributed by atoms with E-state index in [-0.39, 0.29) is 23.6 Å². The van der Waals surface area contributed by atoms with E-state index in [9.17, 15) is 18.0 Å². The van der Waals surface area contributed by atoms with Crippen LogP contribution in [0.3, 0.4) is 0 Å². The Balaban J connectivity index is 1.38. The van der Waals surface area contributed by atoms with Crippen LogP contribution in [0.1, 0.15) is 41.9 Å². The number of amides is 1. The Morgan fingerprint density at radius 2 is 1.93 bits per heavy atom. The topological polar surface area (TPSA) is 87.1 Å².